The number of carbonyl (C=O) groups excluding carboxylic acids is 1. The van der Waals surface area contributed by atoms with Crippen LogP contribution in [0.1, 0.15) is 148 Å². The van der Waals surface area contributed by atoms with E-state index in [-0.39, 0.29) is 5.41 Å². The molecule has 0 aromatic heterocycles. The van der Waals surface area contributed by atoms with Crippen LogP contribution in [0.25, 0.3) is 5.57 Å². The Morgan fingerprint density at radius 3 is 2.18 bits per heavy atom. The monoisotopic (exact) mass is 687 g/mol. The number of piperidine rings is 1. The molecule has 1 aliphatic heterocycles. The smallest absolute Gasteiger partial charge is 0.335 e. The standard InChI is InChI=1S/C34H48O2.C8H16N2O.C3H6/c1-30(2)24(22-9-11-23(12-10-22)29(35)36)15-18-32(4)27(30)16-19-34(6)28(32)14-13-26-25-8-7-17-31(25,3)20-21-33(26,34)5;11-8-9-4-7-10-5-2-1-3-6-10;1-3-2/h9-12,15,25-28H,7-8,13-14,16-21H2,1-6H3,(H,35,36);8H,1-7H2,(H,9,11);3H,1H2,2H3/t25?,26?,27?,28?,31?,32?,33-,34?;;/m1../s1. The fraction of sp³-hybridized carbons (Fsp3) is 0.733. The summed E-state index contributed by atoms with van der Waals surface area (Å²) in [6.45, 7) is 25.2. The van der Waals surface area contributed by atoms with Crippen molar-refractivity contribution in [3.05, 3.63) is 54.1 Å². The number of nitrogens with one attached hydrogen (secondary N) is 1. The minimum absolute atomic E-state index is 0.0907. The van der Waals surface area contributed by atoms with Gasteiger partial charge in [0.15, 0.2) is 0 Å². The van der Waals surface area contributed by atoms with Gasteiger partial charge in [-0.25, -0.2) is 4.79 Å². The lowest BCUT2D eigenvalue weighted by Crippen LogP contribution is -2.64. The molecule has 2 N–H and O–H groups in total. The van der Waals surface area contributed by atoms with Crippen molar-refractivity contribution in [3.63, 3.8) is 0 Å². The topological polar surface area (TPSA) is 69.6 Å². The van der Waals surface area contributed by atoms with Gasteiger partial charge in [0.05, 0.1) is 5.56 Å². The zero-order chi connectivity index (χ0) is 36.4. The zero-order valence-corrected chi connectivity index (χ0v) is 32.8. The maximum atomic E-state index is 11.4. The Balaban J connectivity index is 0.000000293. The average molecular weight is 687 g/mol. The summed E-state index contributed by atoms with van der Waals surface area (Å²) in [6.07, 6.45) is 23.1. The lowest BCUT2D eigenvalue weighted by molar-refractivity contribution is -0.221. The van der Waals surface area contributed by atoms with Gasteiger partial charge in [-0.1, -0.05) is 78.7 Å². The third kappa shape index (κ3) is 6.91. The number of aromatic carboxylic acids is 1. The lowest BCUT2D eigenvalue weighted by atomic mass is 9.33. The second-order valence-corrected chi connectivity index (χ2v) is 18.6. The van der Waals surface area contributed by atoms with Crippen LogP contribution in [-0.4, -0.2) is 48.6 Å². The van der Waals surface area contributed by atoms with E-state index >= 15 is 0 Å². The fourth-order valence-electron chi connectivity index (χ4n) is 13.2. The van der Waals surface area contributed by atoms with Gasteiger partial charge in [0.1, 0.15) is 0 Å². The molecule has 1 aromatic rings. The third-order valence-corrected chi connectivity index (χ3v) is 15.9. The van der Waals surface area contributed by atoms with Crippen LogP contribution in [0.15, 0.2) is 43.0 Å². The fourth-order valence-corrected chi connectivity index (χ4v) is 13.2. The maximum Gasteiger partial charge on any atom is 0.335 e. The number of carboxylic acids is 1. The highest BCUT2D eigenvalue weighted by Crippen LogP contribution is 2.77. The van der Waals surface area contributed by atoms with Crippen molar-refractivity contribution >= 4 is 18.0 Å². The number of carboxylic acid groups (broad SMARTS) is 1. The van der Waals surface area contributed by atoms with Crippen LogP contribution in [0.5, 0.6) is 0 Å². The van der Waals surface area contributed by atoms with Gasteiger partial charge in [-0.2, -0.15) is 0 Å². The molecular weight excluding hydrogens is 617 g/mol. The first-order chi connectivity index (χ1) is 23.7. The summed E-state index contributed by atoms with van der Waals surface area (Å²) in [6, 6.07) is 7.64. The third-order valence-electron chi connectivity index (χ3n) is 15.9. The Hall–Kier alpha value is -2.40. The largest absolute Gasteiger partial charge is 0.478 e. The summed E-state index contributed by atoms with van der Waals surface area (Å²) < 4.78 is 0. The van der Waals surface area contributed by atoms with E-state index in [1.807, 2.05) is 19.1 Å². The van der Waals surface area contributed by atoms with Crippen LogP contribution in [0.3, 0.4) is 0 Å². The Labute approximate surface area is 305 Å². The summed E-state index contributed by atoms with van der Waals surface area (Å²) in [4.78, 5) is 23.7. The molecule has 0 spiro atoms. The van der Waals surface area contributed by atoms with Gasteiger partial charge >= 0.3 is 5.97 Å². The number of hydrogen-bond donors (Lipinski definition) is 2. The molecule has 1 heterocycles. The van der Waals surface area contributed by atoms with E-state index in [0.29, 0.717) is 33.1 Å². The molecule has 7 rings (SSSR count). The molecule has 0 bridgehead atoms. The van der Waals surface area contributed by atoms with Crippen molar-refractivity contribution in [3.8, 4) is 0 Å². The molecule has 5 nitrogen and oxygen atoms in total. The summed E-state index contributed by atoms with van der Waals surface area (Å²) >= 11 is 0. The SMILES string of the molecule is C=CC.CC12CCCC1C1CCC3C4(C)CC=C(c5ccc(C(=O)O)cc5)C(C)(C)C4CCC3(C)[C@]1(C)CC2.O=CNCCN1CCCCC1. The number of allylic oxidation sites excluding steroid dienone is 3. The molecule has 5 heteroatoms. The molecule has 50 heavy (non-hydrogen) atoms. The highest BCUT2D eigenvalue weighted by Gasteiger charge is 2.68. The van der Waals surface area contributed by atoms with Gasteiger partial charge in [-0.05, 0) is 165 Å². The van der Waals surface area contributed by atoms with E-state index in [9.17, 15) is 14.7 Å². The van der Waals surface area contributed by atoms with Crippen molar-refractivity contribution < 1.29 is 14.7 Å². The van der Waals surface area contributed by atoms with Crippen LogP contribution in [0.2, 0.25) is 0 Å². The number of carbonyl (C=O) groups is 2. The van der Waals surface area contributed by atoms with Crippen LogP contribution in [0.4, 0.5) is 0 Å². The van der Waals surface area contributed by atoms with Gasteiger partial charge in [-0.3, -0.25) is 4.79 Å². The van der Waals surface area contributed by atoms with Gasteiger partial charge in [0.25, 0.3) is 0 Å². The Kier molecular flexibility index (Phi) is 11.9. The number of rotatable bonds is 6. The van der Waals surface area contributed by atoms with E-state index in [1.165, 1.54) is 108 Å². The first-order valence-electron chi connectivity index (χ1n) is 20.2. The molecule has 5 fully saturated rings. The normalized spacial score (nSPS) is 38.5. The van der Waals surface area contributed by atoms with Crippen LogP contribution >= 0.6 is 0 Å². The van der Waals surface area contributed by atoms with Crippen molar-refractivity contribution in [2.75, 3.05) is 26.2 Å². The minimum atomic E-state index is -0.845. The summed E-state index contributed by atoms with van der Waals surface area (Å²) in [5.41, 5.74) is 5.00. The quantitative estimate of drug-likeness (QED) is 0.178. The highest BCUT2D eigenvalue weighted by atomic mass is 16.4. The molecule has 1 saturated heterocycles. The van der Waals surface area contributed by atoms with E-state index in [0.717, 1.165) is 37.3 Å². The maximum absolute atomic E-state index is 11.4. The summed E-state index contributed by atoms with van der Waals surface area (Å²) in [7, 11) is 0. The molecule has 7 unspecified atom stereocenters. The zero-order valence-electron chi connectivity index (χ0n) is 32.8. The second-order valence-electron chi connectivity index (χ2n) is 18.6. The van der Waals surface area contributed by atoms with Crippen LogP contribution in [0, 0.1) is 50.7 Å². The number of hydrogen-bond acceptors (Lipinski definition) is 3. The van der Waals surface area contributed by atoms with Crippen molar-refractivity contribution in [2.24, 2.45) is 50.7 Å². The number of likely N-dealkylation sites (tertiary alicyclic amines) is 1. The molecule has 278 valence electrons. The average Bonchev–Trinajstić information content (AvgIpc) is 3.48. The number of fused-ring (bicyclic) bond motifs is 7. The van der Waals surface area contributed by atoms with Crippen molar-refractivity contribution in [1.29, 1.82) is 0 Å². The molecule has 4 saturated carbocycles. The number of amides is 1. The van der Waals surface area contributed by atoms with E-state index < -0.39 is 5.97 Å². The number of nitrogens with zero attached hydrogens (tertiary/aromatic N) is 1. The van der Waals surface area contributed by atoms with E-state index in [1.54, 1.807) is 18.2 Å². The summed E-state index contributed by atoms with van der Waals surface area (Å²) in [5, 5.41) is 12.0. The summed E-state index contributed by atoms with van der Waals surface area (Å²) in [5.74, 6) is 2.51. The van der Waals surface area contributed by atoms with Gasteiger partial charge in [-0.15, -0.1) is 6.58 Å². The van der Waals surface area contributed by atoms with Gasteiger partial charge < -0.3 is 15.3 Å². The van der Waals surface area contributed by atoms with E-state index in [2.05, 4.69) is 64.4 Å². The highest BCUT2D eigenvalue weighted by molar-refractivity contribution is 5.88. The van der Waals surface area contributed by atoms with Crippen LogP contribution < -0.4 is 5.32 Å². The Bertz CT molecular complexity index is 1380. The van der Waals surface area contributed by atoms with Crippen molar-refractivity contribution in [2.45, 2.75) is 132 Å². The lowest BCUT2D eigenvalue weighted by Gasteiger charge is -2.72. The Morgan fingerprint density at radius 1 is 0.860 bits per heavy atom. The first-order valence-corrected chi connectivity index (χ1v) is 20.2. The molecule has 8 atom stereocenters. The second kappa shape index (κ2) is 15.3. The van der Waals surface area contributed by atoms with Gasteiger partial charge in [0.2, 0.25) is 6.41 Å². The molecule has 5 aliphatic carbocycles. The predicted molar refractivity (Wildman–Crippen MR) is 208 cm³/mol. The van der Waals surface area contributed by atoms with Crippen molar-refractivity contribution in [1.82, 2.24) is 10.2 Å². The van der Waals surface area contributed by atoms with Crippen LogP contribution in [-0.2, 0) is 4.79 Å². The van der Waals surface area contributed by atoms with Gasteiger partial charge in [0, 0.05) is 13.1 Å². The number of benzene rings is 1. The molecule has 1 amide bonds. The molecular formula is C45H70N2O3. The Morgan fingerprint density at radius 2 is 1.54 bits per heavy atom. The molecule has 0 radical (unpaired) electrons. The molecule has 6 aliphatic rings. The first kappa shape index (κ1) is 38.8. The predicted octanol–water partition coefficient (Wildman–Crippen LogP) is 10.7. The van der Waals surface area contributed by atoms with E-state index in [4.69, 9.17) is 0 Å². The molecule has 1 aromatic carbocycles. The minimum Gasteiger partial charge on any atom is -0.478 e.